The van der Waals surface area contributed by atoms with E-state index >= 15 is 0 Å². The molecule has 4 rings (SSSR count). The molecule has 1 N–H and O–H groups in total. The largest absolute Gasteiger partial charge is 0.378 e. The predicted molar refractivity (Wildman–Crippen MR) is 127 cm³/mol. The lowest BCUT2D eigenvalue weighted by Crippen LogP contribution is -2.42. The number of ether oxygens (including phenoxy) is 1. The van der Waals surface area contributed by atoms with E-state index in [1.54, 1.807) is 11.0 Å². The average Bonchev–Trinajstić information content (AvgIpc) is 3.18. The fraction of sp³-hybridized carbons (Fsp3) is 0.269. The van der Waals surface area contributed by atoms with E-state index in [1.165, 1.54) is 0 Å². The van der Waals surface area contributed by atoms with Crippen LogP contribution in [0.3, 0.4) is 0 Å². The number of amides is 2. The lowest BCUT2D eigenvalue weighted by Gasteiger charge is -2.27. The van der Waals surface area contributed by atoms with Crippen LogP contribution in [0.1, 0.15) is 16.7 Å². The number of rotatable bonds is 5. The number of hydrogen-bond donors (Lipinski definition) is 1. The quantitative estimate of drug-likeness (QED) is 0.483. The Morgan fingerprint density at radius 2 is 1.88 bits per heavy atom. The van der Waals surface area contributed by atoms with Gasteiger partial charge in [0.1, 0.15) is 18.2 Å². The van der Waals surface area contributed by atoms with E-state index in [0.29, 0.717) is 37.6 Å². The lowest BCUT2D eigenvalue weighted by atomic mass is 10.1. The Morgan fingerprint density at radius 1 is 1.12 bits per heavy atom. The lowest BCUT2D eigenvalue weighted by molar-refractivity contribution is -0.135. The van der Waals surface area contributed by atoms with Crippen LogP contribution in [0.4, 0.5) is 5.69 Å². The van der Waals surface area contributed by atoms with Crippen molar-refractivity contribution in [2.45, 2.75) is 20.4 Å². The standard InChI is InChI=1S/C26H26N4O3/c1-18-6-5-8-23(19(18)2)28-26(32)20(15-27)14-21-16-30(24-9-4-3-7-22(21)24)17-25(31)29-10-12-33-13-11-29/h3-9,14,16H,10-13,17H2,1-2H3,(H,28,32). The van der Waals surface area contributed by atoms with E-state index in [0.717, 1.165) is 22.0 Å². The Bertz CT molecular complexity index is 1280. The molecule has 7 nitrogen and oxygen atoms in total. The van der Waals surface area contributed by atoms with Gasteiger partial charge in [0.25, 0.3) is 5.91 Å². The molecule has 1 aromatic heterocycles. The number of fused-ring (bicyclic) bond motifs is 1. The molecule has 1 aliphatic heterocycles. The number of para-hydroxylation sites is 1. The van der Waals surface area contributed by atoms with Gasteiger partial charge in [0.15, 0.2) is 0 Å². The van der Waals surface area contributed by atoms with Gasteiger partial charge in [-0.1, -0.05) is 30.3 Å². The molecule has 168 valence electrons. The first kappa shape index (κ1) is 22.3. The van der Waals surface area contributed by atoms with Crippen LogP contribution in [0.25, 0.3) is 17.0 Å². The number of benzene rings is 2. The van der Waals surface area contributed by atoms with E-state index in [4.69, 9.17) is 4.74 Å². The molecule has 0 aliphatic carbocycles. The summed E-state index contributed by atoms with van der Waals surface area (Å²) < 4.78 is 7.20. The van der Waals surface area contributed by atoms with E-state index in [1.807, 2.05) is 73.1 Å². The van der Waals surface area contributed by atoms with E-state index in [2.05, 4.69) is 5.32 Å². The molecular formula is C26H26N4O3. The average molecular weight is 443 g/mol. The number of morpholine rings is 1. The molecule has 2 amide bonds. The van der Waals surface area contributed by atoms with Crippen LogP contribution in [0.2, 0.25) is 0 Å². The van der Waals surface area contributed by atoms with Crippen LogP contribution < -0.4 is 5.32 Å². The summed E-state index contributed by atoms with van der Waals surface area (Å²) in [4.78, 5) is 27.4. The summed E-state index contributed by atoms with van der Waals surface area (Å²) >= 11 is 0. The summed E-state index contributed by atoms with van der Waals surface area (Å²) in [6.45, 7) is 6.36. The van der Waals surface area contributed by atoms with Gasteiger partial charge in [0.2, 0.25) is 5.91 Å². The van der Waals surface area contributed by atoms with Crippen molar-refractivity contribution in [2.75, 3.05) is 31.6 Å². The first-order valence-electron chi connectivity index (χ1n) is 10.9. The summed E-state index contributed by atoms with van der Waals surface area (Å²) in [5.41, 5.74) is 4.29. The number of nitrogens with one attached hydrogen (secondary N) is 1. The Hall–Kier alpha value is -3.89. The fourth-order valence-electron chi connectivity index (χ4n) is 3.96. The number of hydrogen-bond acceptors (Lipinski definition) is 4. The number of carbonyl (C=O) groups excluding carboxylic acids is 2. The van der Waals surface area contributed by atoms with Crippen LogP contribution in [-0.4, -0.2) is 47.6 Å². The van der Waals surface area contributed by atoms with Gasteiger partial charge in [-0.2, -0.15) is 5.26 Å². The van der Waals surface area contributed by atoms with Gasteiger partial charge in [-0.05, 0) is 43.2 Å². The van der Waals surface area contributed by atoms with Gasteiger partial charge >= 0.3 is 0 Å². The Kier molecular flexibility index (Phi) is 6.57. The second-order valence-electron chi connectivity index (χ2n) is 8.09. The highest BCUT2D eigenvalue weighted by Crippen LogP contribution is 2.25. The minimum Gasteiger partial charge on any atom is -0.378 e. The highest BCUT2D eigenvalue weighted by atomic mass is 16.5. The molecule has 1 fully saturated rings. The number of nitrogens with zero attached hydrogens (tertiary/aromatic N) is 3. The third kappa shape index (κ3) is 4.81. The Labute approximate surface area is 192 Å². The maximum absolute atomic E-state index is 12.9. The van der Waals surface area contributed by atoms with Crippen molar-refractivity contribution in [1.29, 1.82) is 5.26 Å². The Morgan fingerprint density at radius 3 is 2.64 bits per heavy atom. The molecule has 1 saturated heterocycles. The zero-order valence-electron chi connectivity index (χ0n) is 18.8. The SMILES string of the molecule is Cc1cccc(NC(=O)C(C#N)=Cc2cn(CC(=O)N3CCOCC3)c3ccccc23)c1C. The van der Waals surface area contributed by atoms with Crippen molar-refractivity contribution >= 4 is 34.5 Å². The maximum atomic E-state index is 12.9. The van der Waals surface area contributed by atoms with Crippen molar-refractivity contribution in [1.82, 2.24) is 9.47 Å². The number of aryl methyl sites for hydroxylation is 1. The minimum atomic E-state index is -0.465. The molecular weight excluding hydrogens is 416 g/mol. The van der Waals surface area contributed by atoms with E-state index in [9.17, 15) is 14.9 Å². The third-order valence-electron chi connectivity index (χ3n) is 6.01. The molecule has 0 radical (unpaired) electrons. The summed E-state index contributed by atoms with van der Waals surface area (Å²) in [5.74, 6) is -0.449. The number of anilines is 1. The first-order chi connectivity index (χ1) is 16.0. The number of aromatic nitrogens is 1. The highest BCUT2D eigenvalue weighted by Gasteiger charge is 2.19. The van der Waals surface area contributed by atoms with Gasteiger partial charge in [0.05, 0.1) is 13.2 Å². The summed E-state index contributed by atoms with van der Waals surface area (Å²) in [7, 11) is 0. The highest BCUT2D eigenvalue weighted by molar-refractivity contribution is 6.11. The van der Waals surface area contributed by atoms with E-state index in [-0.39, 0.29) is 18.0 Å². The predicted octanol–water partition coefficient (Wildman–Crippen LogP) is 3.66. The summed E-state index contributed by atoms with van der Waals surface area (Å²) in [6, 6.07) is 15.3. The summed E-state index contributed by atoms with van der Waals surface area (Å²) in [6.07, 6.45) is 3.41. The van der Waals surface area contributed by atoms with Gasteiger partial charge in [-0.25, -0.2) is 0 Å². The second kappa shape index (κ2) is 9.72. The Balaban J connectivity index is 1.62. The molecule has 0 bridgehead atoms. The van der Waals surface area contributed by atoms with Gasteiger partial charge < -0.3 is 19.5 Å². The van der Waals surface area contributed by atoms with Crippen LogP contribution >= 0.6 is 0 Å². The van der Waals surface area contributed by atoms with Crippen LogP contribution in [-0.2, 0) is 20.9 Å². The molecule has 0 atom stereocenters. The smallest absolute Gasteiger partial charge is 0.266 e. The fourth-order valence-corrected chi connectivity index (χ4v) is 3.96. The zero-order valence-corrected chi connectivity index (χ0v) is 18.8. The molecule has 7 heteroatoms. The molecule has 2 heterocycles. The molecule has 0 spiro atoms. The van der Waals surface area contributed by atoms with Crippen molar-refractivity contribution in [3.63, 3.8) is 0 Å². The van der Waals surface area contributed by atoms with E-state index < -0.39 is 5.91 Å². The van der Waals surface area contributed by atoms with Crippen LogP contribution in [0.5, 0.6) is 0 Å². The van der Waals surface area contributed by atoms with Gasteiger partial charge in [-0.15, -0.1) is 0 Å². The number of nitriles is 1. The molecule has 1 aliphatic rings. The molecule has 3 aromatic rings. The van der Waals surface area contributed by atoms with Crippen molar-refractivity contribution in [3.05, 3.63) is 70.9 Å². The third-order valence-corrected chi connectivity index (χ3v) is 6.01. The van der Waals surface area contributed by atoms with Gasteiger partial charge in [0, 0.05) is 41.4 Å². The van der Waals surface area contributed by atoms with Crippen molar-refractivity contribution < 1.29 is 14.3 Å². The monoisotopic (exact) mass is 442 g/mol. The normalized spacial score (nSPS) is 14.2. The number of carbonyl (C=O) groups is 2. The summed E-state index contributed by atoms with van der Waals surface area (Å²) in [5, 5.41) is 13.4. The van der Waals surface area contributed by atoms with Gasteiger partial charge in [-0.3, -0.25) is 9.59 Å². The molecule has 0 saturated carbocycles. The van der Waals surface area contributed by atoms with Crippen molar-refractivity contribution in [3.8, 4) is 6.07 Å². The topological polar surface area (TPSA) is 87.4 Å². The van der Waals surface area contributed by atoms with Crippen LogP contribution in [0.15, 0.2) is 54.2 Å². The molecule has 2 aromatic carbocycles. The zero-order chi connectivity index (χ0) is 23.4. The van der Waals surface area contributed by atoms with Crippen LogP contribution in [0, 0.1) is 25.2 Å². The first-order valence-corrected chi connectivity index (χ1v) is 10.9. The maximum Gasteiger partial charge on any atom is 0.266 e. The minimum absolute atomic E-state index is 0.00156. The molecule has 33 heavy (non-hydrogen) atoms. The second-order valence-corrected chi connectivity index (χ2v) is 8.09. The van der Waals surface area contributed by atoms with Crippen molar-refractivity contribution in [2.24, 2.45) is 0 Å². The molecule has 0 unspecified atom stereocenters.